The van der Waals surface area contributed by atoms with Crippen LogP contribution in [-0.2, 0) is 74.9 Å². The number of carbonyl (C=O) groups is 11. The SMILES string of the molecule is CNC(=O)[C@@H](NC(=O)[C@H](C(C)C)N(C)C(=O)OC(C/C(N)=C/N(N)CCN(CCn1cc(CC(OC(=O)N(C)[C@H](C(=O)N[C@H](C(=O)NC)C(C)C)C(C)C)c2ccc(O[C@@H]3O[C@H](CO)[C@H](O)[C@H](O)[C@H]3O)c3cc(C(=O)O)sc23)nn1)C(=O)COCCOCCN1C(=O)C=CC1=O)c1ccc(O[C@@H]2O[C@H](CO)[C@H](O)[C@H](O)[C@H]2O)c2cc(C(=O)O)sc12)C(C)C. The van der Waals surface area contributed by atoms with Crippen molar-refractivity contribution in [2.45, 2.75) is 173 Å². The van der Waals surface area contributed by atoms with Crippen LogP contribution < -0.4 is 42.3 Å². The molecule has 16 atom stereocenters. The maximum Gasteiger partial charge on any atom is 0.410 e. The first kappa shape index (κ1) is 98.1. The van der Waals surface area contributed by atoms with E-state index in [-0.39, 0.29) is 123 Å². The van der Waals surface area contributed by atoms with Crippen molar-refractivity contribution in [2.24, 2.45) is 35.2 Å². The number of nitrogens with zero attached hydrogens (tertiary/aromatic N) is 8. The van der Waals surface area contributed by atoms with Crippen molar-refractivity contribution in [1.29, 1.82) is 0 Å². The van der Waals surface area contributed by atoms with Gasteiger partial charge < -0.3 is 126 Å². The van der Waals surface area contributed by atoms with E-state index in [9.17, 15) is 104 Å². The fourth-order valence-corrected chi connectivity index (χ4v) is 16.0. The first-order valence-corrected chi connectivity index (χ1v) is 41.1. The molecular formula is C78H110N14O29S2. The Bertz CT molecular complexity index is 4590. The third-order valence-corrected chi connectivity index (χ3v) is 22.9. The molecule has 6 heterocycles. The molecule has 45 heteroatoms. The largest absolute Gasteiger partial charge is 0.477 e. The summed E-state index contributed by atoms with van der Waals surface area (Å²) < 4.78 is 48.9. The lowest BCUT2D eigenvalue weighted by Crippen LogP contribution is -2.60. The van der Waals surface area contributed by atoms with E-state index in [4.69, 9.17) is 49.5 Å². The van der Waals surface area contributed by atoms with Crippen molar-refractivity contribution < 1.29 is 142 Å². The minimum Gasteiger partial charge on any atom is -0.477 e. The van der Waals surface area contributed by atoms with Crippen LogP contribution in [0.4, 0.5) is 9.59 Å². The maximum atomic E-state index is 14.8. The zero-order chi connectivity index (χ0) is 90.9. The fourth-order valence-electron chi connectivity index (χ4n) is 13.9. The minimum absolute atomic E-state index is 0.0486. The van der Waals surface area contributed by atoms with Crippen LogP contribution in [0.3, 0.4) is 0 Å². The zero-order valence-corrected chi connectivity index (χ0v) is 71.4. The van der Waals surface area contributed by atoms with E-state index in [1.807, 2.05) is 0 Å². The number of hydrogen-bond donors (Lipinski definition) is 16. The molecule has 8 rings (SSSR count). The molecule has 3 aromatic heterocycles. The number of aliphatic hydroxyl groups excluding tert-OH is 8. The topological polar surface area (TPSA) is 611 Å². The van der Waals surface area contributed by atoms with E-state index < -0.39 is 213 Å². The number of carboxylic acid groups (broad SMARTS) is 2. The standard InChI is InChI=1S/C78H110N14O29S2/c1-36(2)57(69(104)81-9)83-71(106)59(38(5)6)87(11)77(112)120-48(42-13-15-46(44-29-52(73(108)109)122-67(42)44)116-75-65(102)63(100)61(98)50(33-93)118-75)27-40(79)31-90(80)21-19-89(56(97)35-115-26-25-114-24-23-92-54(95)17-18-55(92)96)20-22-91-32-41(85-86-91)28-49(121-78(113)88(12)60(39(7)8)72(107)84-58(37(3)4)70(105)82-10)43-14-16-47(45-30-53(74(110)111)123-68(43)45)117-76-66(103)64(101)62(99)51(34-94)119-76/h13-18,29-32,36-39,48-51,57-66,75-76,93-94,98-103H,19-28,33-35,79-80H2,1-12H3,(H,81,104)(H,82,105)(H,83,106)(H,84,107)(H,108,109)(H,110,111)/b40-31-/t48?,49?,50-,51-,57+,58+,59+,60+,61+,62+,63+,64+,65-,66-,75-,76-/m1/s1. The molecule has 0 bridgehead atoms. The Morgan fingerprint density at radius 1 is 0.593 bits per heavy atom. The molecule has 18 N–H and O–H groups in total. The highest BCUT2D eigenvalue weighted by Gasteiger charge is 2.48. The molecule has 0 saturated carbocycles. The summed E-state index contributed by atoms with van der Waals surface area (Å²) in [4.78, 5) is 152. The molecule has 123 heavy (non-hydrogen) atoms. The Morgan fingerprint density at radius 3 is 1.49 bits per heavy atom. The third-order valence-electron chi connectivity index (χ3n) is 20.6. The number of likely N-dealkylation sites (N-methyl/N-ethyl adjacent to an activating group) is 4. The molecule has 2 unspecified atom stereocenters. The second-order valence-electron chi connectivity index (χ2n) is 30.8. The highest BCUT2D eigenvalue weighted by Crippen LogP contribution is 2.44. The summed E-state index contributed by atoms with van der Waals surface area (Å²) in [5.74, 6) is -2.41. The first-order chi connectivity index (χ1) is 58.1. The van der Waals surface area contributed by atoms with Gasteiger partial charge in [-0.25, -0.2) is 25.0 Å². The molecule has 2 aromatic carbocycles. The number of rotatable bonds is 43. The highest BCUT2D eigenvalue weighted by atomic mass is 32.1. The molecule has 0 radical (unpaired) electrons. The number of amides is 9. The Labute approximate surface area is 714 Å². The number of hydrazine groups is 1. The number of aliphatic hydroxyl groups is 8. The van der Waals surface area contributed by atoms with Gasteiger partial charge in [-0.3, -0.25) is 52.9 Å². The smallest absolute Gasteiger partial charge is 0.410 e. The molecular weight excluding hydrogens is 1660 g/mol. The quantitative estimate of drug-likeness (QED) is 0.00923. The van der Waals surface area contributed by atoms with Gasteiger partial charge in [0.1, 0.15) is 113 Å². The summed E-state index contributed by atoms with van der Waals surface area (Å²) in [5.41, 5.74) is 7.12. The number of aromatic carboxylic acids is 2. The van der Waals surface area contributed by atoms with E-state index in [0.29, 0.717) is 11.3 Å². The Balaban J connectivity index is 1.10. The van der Waals surface area contributed by atoms with Crippen LogP contribution in [0, 0.1) is 23.7 Å². The molecule has 3 aliphatic rings. The number of carbonyl (C=O) groups excluding carboxylic acids is 9. The van der Waals surface area contributed by atoms with Crippen molar-refractivity contribution in [3.63, 3.8) is 0 Å². The van der Waals surface area contributed by atoms with Gasteiger partial charge in [0.2, 0.25) is 42.1 Å². The normalized spacial score (nSPS) is 21.3. The van der Waals surface area contributed by atoms with Crippen molar-refractivity contribution in [1.82, 2.24) is 60.9 Å². The van der Waals surface area contributed by atoms with Crippen molar-refractivity contribution >= 4 is 108 Å². The zero-order valence-electron chi connectivity index (χ0n) is 69.8. The Kier molecular flexibility index (Phi) is 35.3. The van der Waals surface area contributed by atoms with Crippen molar-refractivity contribution in [3.8, 4) is 11.5 Å². The number of nitrogens with two attached hydrogens (primary N) is 2. The van der Waals surface area contributed by atoms with Gasteiger partial charge in [-0.1, -0.05) is 72.7 Å². The van der Waals surface area contributed by atoms with E-state index >= 15 is 0 Å². The van der Waals surface area contributed by atoms with Crippen LogP contribution in [0.2, 0.25) is 0 Å². The summed E-state index contributed by atoms with van der Waals surface area (Å²) in [6.07, 6.45) is -18.2. The number of ether oxygens (including phenoxy) is 8. The summed E-state index contributed by atoms with van der Waals surface area (Å²) in [6.45, 7) is 10.3. The minimum atomic E-state index is -1.90. The van der Waals surface area contributed by atoms with Crippen LogP contribution in [0.5, 0.6) is 11.5 Å². The van der Waals surface area contributed by atoms with E-state index in [0.717, 1.165) is 43.2 Å². The maximum absolute atomic E-state index is 14.8. The average Bonchev–Trinajstić information content (AvgIpc) is 1.65. The van der Waals surface area contributed by atoms with Crippen molar-refractivity contribution in [2.75, 3.05) is 94.0 Å². The molecule has 678 valence electrons. The molecule has 3 aliphatic heterocycles. The molecule has 2 saturated heterocycles. The second kappa shape index (κ2) is 44.3. The summed E-state index contributed by atoms with van der Waals surface area (Å²) in [6, 6.07) is 3.36. The predicted octanol–water partition coefficient (Wildman–Crippen LogP) is -1.40. The molecule has 0 aliphatic carbocycles. The first-order valence-electron chi connectivity index (χ1n) is 39.4. The molecule has 43 nitrogen and oxygen atoms in total. The number of imide groups is 1. The predicted molar refractivity (Wildman–Crippen MR) is 435 cm³/mol. The molecule has 5 aromatic rings. The molecule has 0 spiro atoms. The van der Waals surface area contributed by atoms with E-state index in [1.54, 1.807) is 55.4 Å². The summed E-state index contributed by atoms with van der Waals surface area (Å²) in [5, 5.41) is 125. The monoisotopic (exact) mass is 1770 g/mol. The number of nitrogens with one attached hydrogen (secondary N) is 4. The van der Waals surface area contributed by atoms with Gasteiger partial charge in [0.05, 0.1) is 58.4 Å². The van der Waals surface area contributed by atoms with Gasteiger partial charge >= 0.3 is 24.1 Å². The number of thiophene rings is 2. The van der Waals surface area contributed by atoms with Crippen molar-refractivity contribution in [3.05, 3.63) is 93.2 Å². The highest BCUT2D eigenvalue weighted by molar-refractivity contribution is 7.21. The van der Waals surface area contributed by atoms with Crippen LogP contribution in [-0.4, -0.2) is 336 Å². The lowest BCUT2D eigenvalue weighted by atomic mass is 9.99. The molecule has 9 amide bonds. The van der Waals surface area contributed by atoms with Gasteiger partial charge in [0, 0.05) is 116 Å². The summed E-state index contributed by atoms with van der Waals surface area (Å²) >= 11 is 1.44. The lowest BCUT2D eigenvalue weighted by Gasteiger charge is -2.39. The lowest BCUT2D eigenvalue weighted by molar-refractivity contribution is -0.277. The number of carboxylic acids is 2. The number of aromatic nitrogens is 3. The van der Waals surface area contributed by atoms with E-state index in [1.165, 1.54) is 86.6 Å². The number of fused-ring (bicyclic) bond motifs is 2. The Morgan fingerprint density at radius 2 is 1.05 bits per heavy atom. The van der Waals surface area contributed by atoms with Crippen LogP contribution >= 0.6 is 22.7 Å². The van der Waals surface area contributed by atoms with Gasteiger partial charge in [-0.2, -0.15) is 0 Å². The average molecular weight is 1770 g/mol. The summed E-state index contributed by atoms with van der Waals surface area (Å²) in [7, 11) is 5.40. The van der Waals surface area contributed by atoms with Gasteiger partial charge in [-0.15, -0.1) is 27.8 Å². The van der Waals surface area contributed by atoms with Gasteiger partial charge in [0.15, 0.2) is 0 Å². The Hall–Kier alpha value is -10.4. The van der Waals surface area contributed by atoms with Crippen LogP contribution in [0.15, 0.2) is 66.6 Å². The van der Waals surface area contributed by atoms with Crippen LogP contribution in [0.25, 0.3) is 20.2 Å². The van der Waals surface area contributed by atoms with Gasteiger partial charge in [-0.05, 0) is 47.9 Å². The van der Waals surface area contributed by atoms with Crippen LogP contribution in [0.1, 0.15) is 110 Å². The number of hydrogen-bond acceptors (Lipinski definition) is 34. The second-order valence-corrected chi connectivity index (χ2v) is 32.9. The number of benzene rings is 2. The third kappa shape index (κ3) is 24.6. The fraction of sp³-hybridized carbons (Fsp3) is 0.577. The van der Waals surface area contributed by atoms with E-state index in [2.05, 4.69) is 31.6 Å². The molecule has 2 fully saturated rings. The van der Waals surface area contributed by atoms with Gasteiger partial charge in [0.25, 0.3) is 11.8 Å².